The Balaban J connectivity index is 1.97. The first kappa shape index (κ1) is 10.2. The molecule has 0 saturated heterocycles. The number of nitrogens with two attached hydrogens (primary N) is 1. The molecule has 1 aliphatic rings. The maximum absolute atomic E-state index is 9.23. The zero-order valence-corrected chi connectivity index (χ0v) is 8.61. The number of nitrogen functional groups attached to an aromatic ring is 1. The SMILES string of the molecule is Nc1nc(NC2CCCCC2CO)n[nH]1. The third-order valence-electron chi connectivity index (χ3n) is 2.96. The Hall–Kier alpha value is -1.30. The van der Waals surface area contributed by atoms with Gasteiger partial charge in [0, 0.05) is 18.6 Å². The monoisotopic (exact) mass is 211 g/mol. The average Bonchev–Trinajstić information content (AvgIpc) is 2.65. The van der Waals surface area contributed by atoms with Crippen molar-refractivity contribution < 1.29 is 5.11 Å². The maximum Gasteiger partial charge on any atom is 0.243 e. The number of hydrogen-bond donors (Lipinski definition) is 4. The molecule has 1 aliphatic carbocycles. The van der Waals surface area contributed by atoms with Gasteiger partial charge in [-0.05, 0) is 12.8 Å². The van der Waals surface area contributed by atoms with Crippen LogP contribution in [0.15, 0.2) is 0 Å². The summed E-state index contributed by atoms with van der Waals surface area (Å²) in [7, 11) is 0. The van der Waals surface area contributed by atoms with Crippen molar-refractivity contribution in [2.45, 2.75) is 31.7 Å². The van der Waals surface area contributed by atoms with Gasteiger partial charge < -0.3 is 16.2 Å². The van der Waals surface area contributed by atoms with E-state index in [1.807, 2.05) is 0 Å². The first-order valence-corrected chi connectivity index (χ1v) is 5.35. The molecule has 6 heteroatoms. The summed E-state index contributed by atoms with van der Waals surface area (Å²) in [6.45, 7) is 0.220. The minimum absolute atomic E-state index is 0.220. The highest BCUT2D eigenvalue weighted by atomic mass is 16.3. The van der Waals surface area contributed by atoms with Crippen LogP contribution in [0.4, 0.5) is 11.9 Å². The highest BCUT2D eigenvalue weighted by Crippen LogP contribution is 2.25. The number of aromatic nitrogens is 3. The smallest absolute Gasteiger partial charge is 0.243 e. The molecule has 2 rings (SSSR count). The molecule has 6 nitrogen and oxygen atoms in total. The van der Waals surface area contributed by atoms with Crippen LogP contribution in [0.5, 0.6) is 0 Å². The molecule has 1 aromatic heterocycles. The molecule has 84 valence electrons. The molecular weight excluding hydrogens is 194 g/mol. The summed E-state index contributed by atoms with van der Waals surface area (Å²) in [4.78, 5) is 3.99. The zero-order chi connectivity index (χ0) is 10.7. The zero-order valence-electron chi connectivity index (χ0n) is 8.61. The number of H-pyrrole nitrogens is 1. The third kappa shape index (κ3) is 2.38. The minimum Gasteiger partial charge on any atom is -0.396 e. The van der Waals surface area contributed by atoms with Crippen molar-refractivity contribution in [3.63, 3.8) is 0 Å². The maximum atomic E-state index is 9.23. The number of aromatic amines is 1. The molecule has 15 heavy (non-hydrogen) atoms. The molecule has 2 unspecified atom stereocenters. The minimum atomic E-state index is 0.220. The van der Waals surface area contributed by atoms with Gasteiger partial charge >= 0.3 is 0 Å². The molecule has 1 saturated carbocycles. The molecule has 2 atom stereocenters. The summed E-state index contributed by atoms with van der Waals surface area (Å²) in [5.74, 6) is 1.14. The lowest BCUT2D eigenvalue weighted by atomic mass is 9.85. The number of aliphatic hydroxyl groups excluding tert-OH is 1. The number of anilines is 2. The highest BCUT2D eigenvalue weighted by Gasteiger charge is 2.25. The van der Waals surface area contributed by atoms with Crippen molar-refractivity contribution >= 4 is 11.9 Å². The second-order valence-electron chi connectivity index (χ2n) is 4.02. The van der Waals surface area contributed by atoms with Crippen LogP contribution in [0.2, 0.25) is 0 Å². The Bertz CT molecular complexity index is 313. The molecular formula is C9H17N5O. The normalized spacial score (nSPS) is 26.5. The van der Waals surface area contributed by atoms with Crippen molar-refractivity contribution in [1.29, 1.82) is 0 Å². The molecule has 0 spiro atoms. The lowest BCUT2D eigenvalue weighted by Crippen LogP contribution is -2.34. The van der Waals surface area contributed by atoms with E-state index in [4.69, 9.17) is 5.73 Å². The highest BCUT2D eigenvalue weighted by molar-refractivity contribution is 5.31. The van der Waals surface area contributed by atoms with Gasteiger partial charge in [-0.2, -0.15) is 4.98 Å². The standard InChI is InChI=1S/C9H17N5O/c10-8-12-9(14-13-8)11-7-4-2-1-3-6(7)5-15/h6-7,15H,1-5H2,(H4,10,11,12,13,14). The van der Waals surface area contributed by atoms with Gasteiger partial charge in [0.15, 0.2) is 0 Å². The molecule has 1 aromatic rings. The molecule has 1 fully saturated rings. The summed E-state index contributed by atoms with van der Waals surface area (Å²) in [5.41, 5.74) is 5.43. The van der Waals surface area contributed by atoms with Crippen molar-refractivity contribution in [2.24, 2.45) is 5.92 Å². The third-order valence-corrected chi connectivity index (χ3v) is 2.96. The fourth-order valence-corrected chi connectivity index (χ4v) is 2.12. The summed E-state index contributed by atoms with van der Waals surface area (Å²) in [5, 5.41) is 18.9. The number of aliphatic hydroxyl groups is 1. The van der Waals surface area contributed by atoms with Crippen LogP contribution >= 0.6 is 0 Å². The van der Waals surface area contributed by atoms with Crippen molar-refractivity contribution in [2.75, 3.05) is 17.7 Å². The first-order valence-electron chi connectivity index (χ1n) is 5.35. The molecule has 0 radical (unpaired) electrons. The lowest BCUT2D eigenvalue weighted by Gasteiger charge is -2.30. The Morgan fingerprint density at radius 3 is 2.93 bits per heavy atom. The van der Waals surface area contributed by atoms with Gasteiger partial charge in [-0.25, -0.2) is 5.10 Å². The quantitative estimate of drug-likeness (QED) is 0.578. The van der Waals surface area contributed by atoms with Crippen LogP contribution < -0.4 is 11.1 Å². The number of nitrogens with one attached hydrogen (secondary N) is 2. The van der Waals surface area contributed by atoms with Gasteiger partial charge in [0.05, 0.1) is 0 Å². The van der Waals surface area contributed by atoms with Crippen molar-refractivity contribution in [3.8, 4) is 0 Å². The van der Waals surface area contributed by atoms with Crippen LogP contribution in [-0.4, -0.2) is 32.9 Å². The van der Waals surface area contributed by atoms with Gasteiger partial charge in [0.1, 0.15) is 0 Å². The first-order chi connectivity index (χ1) is 7.29. The Kier molecular flexibility index (Phi) is 3.05. The fraction of sp³-hybridized carbons (Fsp3) is 0.778. The molecule has 0 bridgehead atoms. The predicted molar refractivity (Wildman–Crippen MR) is 57.2 cm³/mol. The molecule has 1 heterocycles. The van der Waals surface area contributed by atoms with Crippen LogP contribution in [0, 0.1) is 5.92 Å². The largest absolute Gasteiger partial charge is 0.396 e. The van der Waals surface area contributed by atoms with E-state index < -0.39 is 0 Å². The van der Waals surface area contributed by atoms with Crippen LogP contribution in [0.1, 0.15) is 25.7 Å². The van der Waals surface area contributed by atoms with E-state index in [0.29, 0.717) is 17.8 Å². The van der Waals surface area contributed by atoms with Crippen molar-refractivity contribution in [1.82, 2.24) is 15.2 Å². The van der Waals surface area contributed by atoms with E-state index in [1.165, 1.54) is 12.8 Å². The summed E-state index contributed by atoms with van der Waals surface area (Å²) in [6, 6.07) is 0.263. The van der Waals surface area contributed by atoms with Gasteiger partial charge in [-0.3, -0.25) is 0 Å². The summed E-state index contributed by atoms with van der Waals surface area (Å²) in [6.07, 6.45) is 4.50. The molecule has 5 N–H and O–H groups in total. The van der Waals surface area contributed by atoms with E-state index in [9.17, 15) is 5.11 Å². The van der Waals surface area contributed by atoms with E-state index in [0.717, 1.165) is 12.8 Å². The Morgan fingerprint density at radius 1 is 1.47 bits per heavy atom. The molecule has 0 aromatic carbocycles. The topological polar surface area (TPSA) is 99.8 Å². The van der Waals surface area contributed by atoms with Crippen LogP contribution in [-0.2, 0) is 0 Å². The Labute approximate surface area is 88.3 Å². The lowest BCUT2D eigenvalue weighted by molar-refractivity contribution is 0.178. The summed E-state index contributed by atoms with van der Waals surface area (Å²) < 4.78 is 0. The number of nitrogens with zero attached hydrogens (tertiary/aromatic N) is 2. The fourth-order valence-electron chi connectivity index (χ4n) is 2.12. The summed E-state index contributed by atoms with van der Waals surface area (Å²) >= 11 is 0. The van der Waals surface area contributed by atoms with Crippen LogP contribution in [0.3, 0.4) is 0 Å². The van der Waals surface area contributed by atoms with E-state index >= 15 is 0 Å². The second kappa shape index (κ2) is 4.48. The van der Waals surface area contributed by atoms with Crippen LogP contribution in [0.25, 0.3) is 0 Å². The van der Waals surface area contributed by atoms with E-state index in [-0.39, 0.29) is 12.6 Å². The molecule has 0 aliphatic heterocycles. The average molecular weight is 211 g/mol. The van der Waals surface area contributed by atoms with E-state index in [1.54, 1.807) is 0 Å². The van der Waals surface area contributed by atoms with Gasteiger partial charge in [0.25, 0.3) is 0 Å². The predicted octanol–water partition coefficient (Wildman–Crippen LogP) is 0.350. The van der Waals surface area contributed by atoms with Crippen molar-refractivity contribution in [3.05, 3.63) is 0 Å². The Morgan fingerprint density at radius 2 is 2.27 bits per heavy atom. The number of rotatable bonds is 3. The second-order valence-corrected chi connectivity index (χ2v) is 4.02. The van der Waals surface area contributed by atoms with Gasteiger partial charge in [0.2, 0.25) is 11.9 Å². The van der Waals surface area contributed by atoms with E-state index in [2.05, 4.69) is 20.5 Å². The number of hydrogen-bond acceptors (Lipinski definition) is 5. The van der Waals surface area contributed by atoms with Gasteiger partial charge in [-0.15, -0.1) is 5.10 Å². The molecule has 0 amide bonds. The van der Waals surface area contributed by atoms with Gasteiger partial charge in [-0.1, -0.05) is 12.8 Å².